The van der Waals surface area contributed by atoms with Gasteiger partial charge in [-0.1, -0.05) is 13.8 Å². The molecule has 1 atom stereocenters. The molecular formula is C19H21F2N4O4-. The first-order chi connectivity index (χ1) is 13.6. The Morgan fingerprint density at radius 3 is 2.55 bits per heavy atom. The monoisotopic (exact) mass is 407 g/mol. The lowest BCUT2D eigenvalue weighted by atomic mass is 9.91. The van der Waals surface area contributed by atoms with Crippen LogP contribution >= 0.6 is 0 Å². The molecule has 0 saturated carbocycles. The molecule has 0 aliphatic rings. The summed E-state index contributed by atoms with van der Waals surface area (Å²) in [6.07, 6.45) is -2.25. The lowest BCUT2D eigenvalue weighted by Crippen LogP contribution is -2.55. The number of pyridine rings is 1. The van der Waals surface area contributed by atoms with Crippen LogP contribution in [0.4, 0.5) is 13.6 Å². The molecule has 2 heterocycles. The predicted molar refractivity (Wildman–Crippen MR) is 97.5 cm³/mol. The molecule has 0 fully saturated rings. The molecule has 0 aliphatic carbocycles. The zero-order valence-electron chi connectivity index (χ0n) is 16.2. The smallest absolute Gasteiger partial charge is 0.284 e. The standard InChI is InChI=1S/C19H22F2N4O4/c1-11(2)8-19(3,25-18(27)28)10-29-14-5-4-12(24-16(14)17(20)21)13-6-7-22-15(9-26)23-13/h4-7,9,11,17,25H,8,10H2,1-3H3,(H,27,28)/p-1. The summed E-state index contributed by atoms with van der Waals surface area (Å²) in [6.45, 7) is 5.20. The lowest BCUT2D eigenvalue weighted by molar-refractivity contribution is -0.253. The highest BCUT2D eigenvalue weighted by molar-refractivity contribution is 5.70. The van der Waals surface area contributed by atoms with Crippen LogP contribution in [0.25, 0.3) is 11.4 Å². The van der Waals surface area contributed by atoms with Crippen LogP contribution in [0.3, 0.4) is 0 Å². The molecule has 0 aliphatic heterocycles. The van der Waals surface area contributed by atoms with E-state index in [0.29, 0.717) is 12.7 Å². The van der Waals surface area contributed by atoms with Crippen molar-refractivity contribution in [2.75, 3.05) is 6.61 Å². The van der Waals surface area contributed by atoms with E-state index < -0.39 is 23.8 Å². The fraction of sp³-hybridized carbons (Fsp3) is 0.421. The number of hydrogen-bond donors (Lipinski definition) is 1. The maximum absolute atomic E-state index is 13.6. The van der Waals surface area contributed by atoms with E-state index in [4.69, 9.17) is 4.74 Å². The van der Waals surface area contributed by atoms with Gasteiger partial charge in [0.1, 0.15) is 24.1 Å². The van der Waals surface area contributed by atoms with Crippen molar-refractivity contribution < 1.29 is 28.2 Å². The Kier molecular flexibility index (Phi) is 7.13. The second-order valence-electron chi connectivity index (χ2n) is 7.16. The average molecular weight is 407 g/mol. The molecule has 1 N–H and O–H groups in total. The normalized spacial score (nSPS) is 13.2. The summed E-state index contributed by atoms with van der Waals surface area (Å²) in [7, 11) is 0. The first-order valence-electron chi connectivity index (χ1n) is 8.83. The zero-order chi connectivity index (χ0) is 21.6. The summed E-state index contributed by atoms with van der Waals surface area (Å²) in [5, 5.41) is 13.3. The summed E-state index contributed by atoms with van der Waals surface area (Å²) in [5.41, 5.74) is -1.32. The number of carboxylic acid groups (broad SMARTS) is 1. The number of nitrogens with one attached hydrogen (secondary N) is 1. The van der Waals surface area contributed by atoms with E-state index in [1.807, 2.05) is 13.8 Å². The van der Waals surface area contributed by atoms with Gasteiger partial charge in [-0.25, -0.2) is 23.7 Å². The zero-order valence-corrected chi connectivity index (χ0v) is 16.2. The number of halogens is 2. The van der Waals surface area contributed by atoms with Crippen LogP contribution < -0.4 is 15.2 Å². The van der Waals surface area contributed by atoms with Crippen LogP contribution in [0.2, 0.25) is 0 Å². The lowest BCUT2D eigenvalue weighted by Gasteiger charge is -2.33. The fourth-order valence-corrected chi connectivity index (χ4v) is 2.99. The van der Waals surface area contributed by atoms with Crippen LogP contribution in [0.15, 0.2) is 24.4 Å². The van der Waals surface area contributed by atoms with E-state index in [-0.39, 0.29) is 35.5 Å². The van der Waals surface area contributed by atoms with E-state index in [2.05, 4.69) is 20.3 Å². The number of amides is 1. The topological polar surface area (TPSA) is 117 Å². The molecule has 2 aromatic rings. The second kappa shape index (κ2) is 9.35. The predicted octanol–water partition coefficient (Wildman–Crippen LogP) is 2.41. The molecule has 8 nitrogen and oxygen atoms in total. The largest absolute Gasteiger partial charge is 0.530 e. The molecule has 0 bridgehead atoms. The van der Waals surface area contributed by atoms with Gasteiger partial charge in [0.15, 0.2) is 12.1 Å². The van der Waals surface area contributed by atoms with Crippen molar-refractivity contribution in [1.82, 2.24) is 20.3 Å². The summed E-state index contributed by atoms with van der Waals surface area (Å²) in [5.74, 6) is -0.153. The Balaban J connectivity index is 2.30. The highest BCUT2D eigenvalue weighted by Gasteiger charge is 2.28. The number of nitrogens with zero attached hydrogens (tertiary/aromatic N) is 3. The molecule has 0 spiro atoms. The highest BCUT2D eigenvalue weighted by Crippen LogP contribution is 2.31. The SMILES string of the molecule is CC(C)CC(C)(COc1ccc(-c2ccnc(C=O)n2)nc1C(F)F)NC(=O)[O-]. The molecule has 156 valence electrons. The van der Waals surface area contributed by atoms with Gasteiger partial charge in [-0.05, 0) is 37.5 Å². The number of alkyl halides is 2. The first-order valence-corrected chi connectivity index (χ1v) is 8.83. The quantitative estimate of drug-likeness (QED) is 0.634. The second-order valence-corrected chi connectivity index (χ2v) is 7.16. The number of hydrogen-bond acceptors (Lipinski definition) is 7. The molecular weight excluding hydrogens is 386 g/mol. The van der Waals surface area contributed by atoms with Crippen molar-refractivity contribution in [1.29, 1.82) is 0 Å². The summed E-state index contributed by atoms with van der Waals surface area (Å²) < 4.78 is 32.6. The minimum Gasteiger partial charge on any atom is -0.530 e. The number of rotatable bonds is 9. The van der Waals surface area contributed by atoms with Crippen molar-refractivity contribution in [3.8, 4) is 17.1 Å². The third-order valence-corrected chi connectivity index (χ3v) is 3.94. The van der Waals surface area contributed by atoms with Gasteiger partial charge in [-0.2, -0.15) is 0 Å². The van der Waals surface area contributed by atoms with Crippen molar-refractivity contribution in [2.45, 2.75) is 39.2 Å². The molecule has 0 aromatic carbocycles. The van der Waals surface area contributed by atoms with Gasteiger partial charge in [0.2, 0.25) is 0 Å². The Hall–Kier alpha value is -3.17. The number of aldehydes is 1. The average Bonchev–Trinajstić information content (AvgIpc) is 2.65. The third kappa shape index (κ3) is 6.16. The van der Waals surface area contributed by atoms with Crippen LogP contribution in [0.1, 0.15) is 49.9 Å². The Morgan fingerprint density at radius 1 is 1.28 bits per heavy atom. The minimum absolute atomic E-state index is 0.0963. The maximum atomic E-state index is 13.6. The van der Waals surface area contributed by atoms with Crippen LogP contribution in [0, 0.1) is 5.92 Å². The molecule has 10 heteroatoms. The van der Waals surface area contributed by atoms with E-state index in [1.54, 1.807) is 6.92 Å². The first kappa shape index (κ1) is 22.1. The van der Waals surface area contributed by atoms with Gasteiger partial charge in [0.25, 0.3) is 6.43 Å². The van der Waals surface area contributed by atoms with Gasteiger partial charge in [0.05, 0.1) is 16.9 Å². The highest BCUT2D eigenvalue weighted by atomic mass is 19.3. The Morgan fingerprint density at radius 2 is 1.97 bits per heavy atom. The summed E-state index contributed by atoms with van der Waals surface area (Å²) in [6, 6.07) is 4.17. The van der Waals surface area contributed by atoms with E-state index >= 15 is 0 Å². The molecule has 1 unspecified atom stereocenters. The summed E-state index contributed by atoms with van der Waals surface area (Å²) >= 11 is 0. The Bertz CT molecular complexity index is 879. The maximum Gasteiger partial charge on any atom is 0.284 e. The van der Waals surface area contributed by atoms with Crippen molar-refractivity contribution in [3.63, 3.8) is 0 Å². The molecule has 0 radical (unpaired) electrons. The number of carbonyl (C=O) groups is 2. The van der Waals surface area contributed by atoms with Crippen LogP contribution in [-0.2, 0) is 0 Å². The van der Waals surface area contributed by atoms with Gasteiger partial charge >= 0.3 is 0 Å². The molecule has 2 aromatic heterocycles. The summed E-state index contributed by atoms with van der Waals surface area (Å²) in [4.78, 5) is 33.4. The van der Waals surface area contributed by atoms with Crippen LogP contribution in [0.5, 0.6) is 5.75 Å². The number of aromatic nitrogens is 3. The van der Waals surface area contributed by atoms with E-state index in [0.717, 1.165) is 0 Å². The van der Waals surface area contributed by atoms with Crippen molar-refractivity contribution >= 4 is 12.4 Å². The van der Waals surface area contributed by atoms with Crippen molar-refractivity contribution in [2.24, 2.45) is 5.92 Å². The van der Waals surface area contributed by atoms with Gasteiger partial charge in [0, 0.05) is 6.20 Å². The van der Waals surface area contributed by atoms with Crippen molar-refractivity contribution in [3.05, 3.63) is 35.9 Å². The van der Waals surface area contributed by atoms with Gasteiger partial charge in [-0.3, -0.25) is 4.79 Å². The molecule has 0 saturated heterocycles. The third-order valence-electron chi connectivity index (χ3n) is 3.94. The van der Waals surface area contributed by atoms with Crippen LogP contribution in [-0.4, -0.2) is 39.5 Å². The Labute approximate surface area is 166 Å². The van der Waals surface area contributed by atoms with Gasteiger partial charge in [-0.15, -0.1) is 0 Å². The van der Waals surface area contributed by atoms with E-state index in [1.165, 1.54) is 24.4 Å². The fourth-order valence-electron chi connectivity index (χ4n) is 2.99. The molecule has 29 heavy (non-hydrogen) atoms. The van der Waals surface area contributed by atoms with E-state index in [9.17, 15) is 23.5 Å². The minimum atomic E-state index is -2.94. The number of carbonyl (C=O) groups excluding carboxylic acids is 2. The number of ether oxygens (including phenoxy) is 1. The van der Waals surface area contributed by atoms with Gasteiger partial charge < -0.3 is 20.0 Å². The molecule has 1 amide bonds. The molecule has 2 rings (SSSR count).